The number of carboxylic acids is 1. The highest BCUT2D eigenvalue weighted by atomic mass is 35.5. The zero-order chi connectivity index (χ0) is 35.6. The van der Waals surface area contributed by atoms with E-state index in [4.69, 9.17) is 9.63 Å². The number of aromatic nitrogens is 2. The van der Waals surface area contributed by atoms with E-state index in [0.717, 1.165) is 18.9 Å². The van der Waals surface area contributed by atoms with E-state index < -0.39 is 59.8 Å². The fourth-order valence-corrected chi connectivity index (χ4v) is 6.19. The highest BCUT2D eigenvalue weighted by Crippen LogP contribution is 2.40. The Morgan fingerprint density at radius 3 is 1.88 bits per heavy atom. The number of rotatable bonds is 11. The number of benzene rings is 2. The Bertz CT molecular complexity index is 1550. The molecule has 0 unspecified atom stereocenters. The van der Waals surface area contributed by atoms with Crippen molar-refractivity contribution in [2.24, 2.45) is 11.8 Å². The van der Waals surface area contributed by atoms with Gasteiger partial charge in [-0.1, -0.05) is 0 Å². The molecule has 0 spiro atoms. The molecule has 17 heteroatoms. The Morgan fingerprint density at radius 1 is 0.837 bits per heavy atom. The van der Waals surface area contributed by atoms with Gasteiger partial charge in [0.2, 0.25) is 5.89 Å². The van der Waals surface area contributed by atoms with Gasteiger partial charge in [0.25, 0.3) is 5.95 Å². The van der Waals surface area contributed by atoms with Crippen molar-refractivity contribution >= 4 is 30.0 Å². The third kappa shape index (κ3) is 10.4. The summed E-state index contributed by atoms with van der Waals surface area (Å²) in [6, 6.07) is 3.40. The minimum absolute atomic E-state index is 0. The highest BCUT2D eigenvalue weighted by molar-refractivity contribution is 5.85. The summed E-state index contributed by atoms with van der Waals surface area (Å²) in [6.45, 7) is 4.30. The van der Waals surface area contributed by atoms with Crippen molar-refractivity contribution in [1.29, 1.82) is 0 Å². The van der Waals surface area contributed by atoms with E-state index in [-0.39, 0.29) is 59.7 Å². The molecule has 1 aliphatic rings. The Balaban J connectivity index is 0.00000650. The SMILES string of the molecule is CCN(C[C@H]1CC[C@H](CC(=O)O)CC1)c1cc(C)c(C(F)(F)F)cc1CN(Cc1cc(C(F)(F)F)cc(C(F)(F)F)c1)c1noc(C)n1.Cl. The van der Waals surface area contributed by atoms with Crippen molar-refractivity contribution in [3.63, 3.8) is 0 Å². The molecular formula is C32H36ClF9N4O3. The monoisotopic (exact) mass is 730 g/mol. The van der Waals surface area contributed by atoms with Crippen LogP contribution in [0.3, 0.4) is 0 Å². The molecule has 1 aliphatic carbocycles. The lowest BCUT2D eigenvalue weighted by atomic mass is 9.80. The molecule has 1 saturated carbocycles. The lowest BCUT2D eigenvalue weighted by Crippen LogP contribution is -2.33. The van der Waals surface area contributed by atoms with E-state index in [9.17, 15) is 44.3 Å². The van der Waals surface area contributed by atoms with Gasteiger partial charge in [-0.15, -0.1) is 12.4 Å². The molecule has 4 rings (SSSR count). The molecule has 0 aliphatic heterocycles. The summed E-state index contributed by atoms with van der Waals surface area (Å²) in [5.74, 6) is -0.938. The van der Waals surface area contributed by atoms with Crippen LogP contribution in [-0.4, -0.2) is 34.3 Å². The molecule has 0 bridgehead atoms. The highest BCUT2D eigenvalue weighted by Gasteiger charge is 2.38. The molecule has 1 aromatic heterocycles. The Kier molecular flexibility index (Phi) is 12.5. The quantitative estimate of drug-likeness (QED) is 0.197. The second kappa shape index (κ2) is 15.5. The molecular weight excluding hydrogens is 695 g/mol. The molecule has 2 aromatic carbocycles. The van der Waals surface area contributed by atoms with E-state index in [1.165, 1.54) is 24.8 Å². The maximum Gasteiger partial charge on any atom is 0.416 e. The number of aliphatic carboxylic acids is 1. The largest absolute Gasteiger partial charge is 0.481 e. The van der Waals surface area contributed by atoms with Crippen LogP contribution < -0.4 is 9.80 Å². The molecule has 49 heavy (non-hydrogen) atoms. The van der Waals surface area contributed by atoms with Crippen LogP contribution in [0, 0.1) is 25.7 Å². The molecule has 272 valence electrons. The van der Waals surface area contributed by atoms with Crippen LogP contribution in [0.15, 0.2) is 34.9 Å². The Labute approximate surface area is 282 Å². The van der Waals surface area contributed by atoms with Crippen molar-refractivity contribution in [3.8, 4) is 0 Å². The summed E-state index contributed by atoms with van der Waals surface area (Å²) in [7, 11) is 0. The lowest BCUT2D eigenvalue weighted by Gasteiger charge is -2.35. The van der Waals surface area contributed by atoms with Gasteiger partial charge in [0.15, 0.2) is 0 Å². The van der Waals surface area contributed by atoms with Crippen LogP contribution >= 0.6 is 12.4 Å². The third-order valence-corrected chi connectivity index (χ3v) is 8.54. The summed E-state index contributed by atoms with van der Waals surface area (Å²) >= 11 is 0. The minimum Gasteiger partial charge on any atom is -0.481 e. The lowest BCUT2D eigenvalue weighted by molar-refractivity contribution is -0.143. The molecule has 1 N–H and O–H groups in total. The number of hydrogen-bond donors (Lipinski definition) is 1. The van der Waals surface area contributed by atoms with Gasteiger partial charge >= 0.3 is 24.5 Å². The number of carbonyl (C=O) groups is 1. The first-order chi connectivity index (χ1) is 22.2. The fraction of sp³-hybridized carbons (Fsp3) is 0.531. The average molecular weight is 731 g/mol. The van der Waals surface area contributed by atoms with Crippen molar-refractivity contribution in [1.82, 2.24) is 10.1 Å². The summed E-state index contributed by atoms with van der Waals surface area (Å²) in [5.41, 5.74) is -4.02. The second-order valence-electron chi connectivity index (χ2n) is 12.2. The second-order valence-corrected chi connectivity index (χ2v) is 12.2. The van der Waals surface area contributed by atoms with Crippen LogP contribution in [-0.2, 0) is 36.4 Å². The van der Waals surface area contributed by atoms with Crippen molar-refractivity contribution in [2.45, 2.75) is 84.5 Å². The van der Waals surface area contributed by atoms with E-state index in [1.807, 2.05) is 11.8 Å². The average Bonchev–Trinajstić information content (AvgIpc) is 3.41. The van der Waals surface area contributed by atoms with Gasteiger partial charge in [-0.3, -0.25) is 4.79 Å². The van der Waals surface area contributed by atoms with Crippen molar-refractivity contribution in [3.05, 3.63) is 69.6 Å². The Morgan fingerprint density at radius 2 is 1.41 bits per heavy atom. The number of halogens is 10. The van der Waals surface area contributed by atoms with Gasteiger partial charge in [-0.25, -0.2) is 0 Å². The van der Waals surface area contributed by atoms with Crippen LogP contribution in [0.1, 0.15) is 78.3 Å². The van der Waals surface area contributed by atoms with Crippen LogP contribution in [0.25, 0.3) is 0 Å². The summed E-state index contributed by atoms with van der Waals surface area (Å²) in [5, 5.41) is 12.9. The molecule has 0 saturated heterocycles. The standard InChI is InChI=1S/C32H35F9N4O3.ClH/c1-4-44(15-21-7-5-20(6-8-21)12-28(46)47)27-9-18(2)26(32(39,40)41)13-23(27)17-45(29-42-19(3)48-43-29)16-22-10-24(30(33,34)35)14-25(11-22)31(36,37)38;/h9-11,13-14,20-21H,4-8,12,15-17H2,1-3H3,(H,46,47);1H/t20-,21-;. The fourth-order valence-electron chi connectivity index (χ4n) is 6.19. The molecule has 0 amide bonds. The Hall–Kier alpha value is -3.69. The zero-order valence-corrected chi connectivity index (χ0v) is 27.6. The molecule has 1 heterocycles. The predicted octanol–water partition coefficient (Wildman–Crippen LogP) is 9.48. The smallest absolute Gasteiger partial charge is 0.416 e. The molecule has 3 aromatic rings. The van der Waals surface area contributed by atoms with Gasteiger partial charge < -0.3 is 19.4 Å². The summed E-state index contributed by atoms with van der Waals surface area (Å²) in [6.07, 6.45) is -12.1. The number of hydrogen-bond acceptors (Lipinski definition) is 6. The van der Waals surface area contributed by atoms with E-state index >= 15 is 0 Å². The van der Waals surface area contributed by atoms with E-state index in [0.29, 0.717) is 43.8 Å². The van der Waals surface area contributed by atoms with Crippen LogP contribution in [0.5, 0.6) is 0 Å². The normalized spacial score (nSPS) is 17.1. The summed E-state index contributed by atoms with van der Waals surface area (Å²) in [4.78, 5) is 18.3. The molecule has 7 nitrogen and oxygen atoms in total. The first kappa shape index (κ1) is 39.7. The molecule has 0 radical (unpaired) electrons. The van der Waals surface area contributed by atoms with Crippen LogP contribution in [0.2, 0.25) is 0 Å². The predicted molar refractivity (Wildman–Crippen MR) is 164 cm³/mol. The molecule has 1 fully saturated rings. The topological polar surface area (TPSA) is 82.7 Å². The van der Waals surface area contributed by atoms with Crippen LogP contribution in [0.4, 0.5) is 51.1 Å². The van der Waals surface area contributed by atoms with Gasteiger partial charge in [0.1, 0.15) is 0 Å². The van der Waals surface area contributed by atoms with Gasteiger partial charge in [0, 0.05) is 45.2 Å². The van der Waals surface area contributed by atoms with Gasteiger partial charge in [-0.05, 0) is 104 Å². The van der Waals surface area contributed by atoms with Crippen molar-refractivity contribution < 1.29 is 53.9 Å². The number of aryl methyl sites for hydroxylation is 2. The molecule has 0 atom stereocenters. The minimum atomic E-state index is -5.11. The first-order valence-corrected chi connectivity index (χ1v) is 15.3. The number of anilines is 2. The zero-order valence-electron chi connectivity index (χ0n) is 26.8. The number of carboxylic acid groups (broad SMARTS) is 1. The third-order valence-electron chi connectivity index (χ3n) is 8.54. The van der Waals surface area contributed by atoms with Gasteiger partial charge in [-0.2, -0.15) is 44.5 Å². The van der Waals surface area contributed by atoms with Gasteiger partial charge in [0.05, 0.1) is 16.7 Å². The van der Waals surface area contributed by atoms with E-state index in [1.54, 1.807) is 0 Å². The number of nitrogens with zero attached hydrogens (tertiary/aromatic N) is 4. The van der Waals surface area contributed by atoms with E-state index in [2.05, 4.69) is 10.1 Å². The first-order valence-electron chi connectivity index (χ1n) is 15.3. The number of alkyl halides is 9. The maximum absolute atomic E-state index is 14.1. The maximum atomic E-state index is 14.1. The van der Waals surface area contributed by atoms with Crippen molar-refractivity contribution in [2.75, 3.05) is 22.9 Å². The summed E-state index contributed by atoms with van der Waals surface area (Å²) < 4.78 is 129.